The zero-order valence-corrected chi connectivity index (χ0v) is 8.55. The molecule has 0 saturated carbocycles. The highest BCUT2D eigenvalue weighted by atomic mass is 16.1. The van der Waals surface area contributed by atoms with Crippen molar-refractivity contribution in [3.63, 3.8) is 0 Å². The van der Waals surface area contributed by atoms with Crippen LogP contribution in [0.5, 0.6) is 0 Å². The Balaban J connectivity index is 3.38. The molecule has 0 atom stereocenters. The van der Waals surface area contributed by atoms with Crippen LogP contribution >= 0.6 is 0 Å². The Hall–Kier alpha value is -0.370. The Morgan fingerprint density at radius 2 is 2.00 bits per heavy atom. The van der Waals surface area contributed by atoms with Gasteiger partial charge in [-0.3, -0.25) is 0 Å². The van der Waals surface area contributed by atoms with E-state index in [1.807, 2.05) is 0 Å². The van der Waals surface area contributed by atoms with Crippen molar-refractivity contribution in [3.05, 3.63) is 0 Å². The molecule has 0 amide bonds. The van der Waals surface area contributed by atoms with Gasteiger partial charge in [0, 0.05) is 12.5 Å². The molecular weight excluding hydrogens is 150 g/mol. The second-order valence-corrected chi connectivity index (χ2v) is 3.38. The lowest BCUT2D eigenvalue weighted by Gasteiger charge is -2.24. The van der Waals surface area contributed by atoms with E-state index in [0.717, 1.165) is 38.6 Å². The van der Waals surface area contributed by atoms with Crippen molar-refractivity contribution in [2.75, 3.05) is 13.1 Å². The van der Waals surface area contributed by atoms with Gasteiger partial charge in [-0.15, -0.1) is 0 Å². The second-order valence-electron chi connectivity index (χ2n) is 3.38. The van der Waals surface area contributed by atoms with Crippen LogP contribution in [0.25, 0.3) is 0 Å². The Morgan fingerprint density at radius 3 is 2.42 bits per heavy atom. The van der Waals surface area contributed by atoms with Gasteiger partial charge in [-0.1, -0.05) is 6.92 Å². The molecule has 12 heavy (non-hydrogen) atoms. The topological polar surface area (TPSA) is 20.3 Å². The summed E-state index contributed by atoms with van der Waals surface area (Å²) in [4.78, 5) is 12.5. The molecule has 2 heteroatoms. The van der Waals surface area contributed by atoms with Gasteiger partial charge in [-0.05, 0) is 39.8 Å². The van der Waals surface area contributed by atoms with E-state index in [1.54, 1.807) is 0 Å². The third-order valence-corrected chi connectivity index (χ3v) is 2.15. The molecule has 0 N–H and O–H groups in total. The molecule has 0 aliphatic rings. The summed E-state index contributed by atoms with van der Waals surface area (Å²) in [7, 11) is 0. The Bertz CT molecular complexity index is 112. The molecule has 0 aliphatic heterocycles. The molecule has 0 spiro atoms. The molecule has 0 unspecified atom stereocenters. The van der Waals surface area contributed by atoms with Gasteiger partial charge in [0.05, 0.1) is 0 Å². The minimum atomic E-state index is 0.631. The monoisotopic (exact) mass is 171 g/mol. The molecular formula is C10H21NO. The largest absolute Gasteiger partial charge is 0.303 e. The quantitative estimate of drug-likeness (QED) is 0.432. The molecule has 0 fully saturated rings. The highest BCUT2D eigenvalue weighted by molar-refractivity contribution is 5.48. The molecule has 72 valence electrons. The summed E-state index contributed by atoms with van der Waals surface area (Å²) in [6, 6.07) is 0.631. The van der Waals surface area contributed by atoms with Crippen LogP contribution in [0.2, 0.25) is 0 Å². The number of hydrogen-bond acceptors (Lipinski definition) is 2. The van der Waals surface area contributed by atoms with Gasteiger partial charge in [0.15, 0.2) is 0 Å². The lowest BCUT2D eigenvalue weighted by Crippen LogP contribution is -2.31. The van der Waals surface area contributed by atoms with E-state index in [0.29, 0.717) is 6.04 Å². The standard InChI is InChI=1S/C10H21NO/c1-4-11(10(2)3)8-6-5-7-9-12/h9-10H,4-8H2,1-3H3. The normalized spacial score (nSPS) is 11.1. The minimum Gasteiger partial charge on any atom is -0.303 e. The van der Waals surface area contributed by atoms with E-state index in [9.17, 15) is 4.79 Å². The first-order valence-corrected chi connectivity index (χ1v) is 4.90. The summed E-state index contributed by atoms with van der Waals surface area (Å²) in [6.07, 6.45) is 3.90. The van der Waals surface area contributed by atoms with Crippen molar-refractivity contribution in [3.8, 4) is 0 Å². The fourth-order valence-electron chi connectivity index (χ4n) is 1.32. The zero-order valence-electron chi connectivity index (χ0n) is 8.55. The van der Waals surface area contributed by atoms with Crippen molar-refractivity contribution < 1.29 is 4.79 Å². The second kappa shape index (κ2) is 7.29. The summed E-state index contributed by atoms with van der Waals surface area (Å²) in [6.45, 7) is 8.84. The number of nitrogens with zero attached hydrogens (tertiary/aromatic N) is 1. The lowest BCUT2D eigenvalue weighted by molar-refractivity contribution is -0.107. The van der Waals surface area contributed by atoms with Crippen LogP contribution in [0.15, 0.2) is 0 Å². The van der Waals surface area contributed by atoms with E-state index < -0.39 is 0 Å². The molecule has 0 bridgehead atoms. The maximum absolute atomic E-state index is 10.0. The van der Waals surface area contributed by atoms with E-state index in [4.69, 9.17) is 0 Å². The van der Waals surface area contributed by atoms with E-state index in [1.165, 1.54) is 0 Å². The Kier molecular flexibility index (Phi) is 7.06. The van der Waals surface area contributed by atoms with Crippen molar-refractivity contribution in [2.45, 2.75) is 46.1 Å². The minimum absolute atomic E-state index is 0.631. The summed E-state index contributed by atoms with van der Waals surface area (Å²) < 4.78 is 0. The Morgan fingerprint density at radius 1 is 1.33 bits per heavy atom. The number of carbonyl (C=O) groups is 1. The van der Waals surface area contributed by atoms with Crippen LogP contribution in [0.4, 0.5) is 0 Å². The van der Waals surface area contributed by atoms with Gasteiger partial charge >= 0.3 is 0 Å². The van der Waals surface area contributed by atoms with Crippen LogP contribution in [0, 0.1) is 0 Å². The zero-order chi connectivity index (χ0) is 9.40. The van der Waals surface area contributed by atoms with E-state index in [-0.39, 0.29) is 0 Å². The molecule has 0 rings (SSSR count). The van der Waals surface area contributed by atoms with Crippen LogP contribution in [-0.4, -0.2) is 30.3 Å². The summed E-state index contributed by atoms with van der Waals surface area (Å²) >= 11 is 0. The fourth-order valence-corrected chi connectivity index (χ4v) is 1.32. The highest BCUT2D eigenvalue weighted by Crippen LogP contribution is 2.01. The summed E-state index contributed by atoms with van der Waals surface area (Å²) in [5.74, 6) is 0. The van der Waals surface area contributed by atoms with Crippen molar-refractivity contribution in [1.82, 2.24) is 4.90 Å². The van der Waals surface area contributed by atoms with Crippen LogP contribution in [0.1, 0.15) is 40.0 Å². The third kappa shape index (κ3) is 5.30. The van der Waals surface area contributed by atoms with Gasteiger partial charge in [0.2, 0.25) is 0 Å². The van der Waals surface area contributed by atoms with Crippen LogP contribution in [0.3, 0.4) is 0 Å². The number of aldehydes is 1. The van der Waals surface area contributed by atoms with Gasteiger partial charge in [0.1, 0.15) is 6.29 Å². The molecule has 0 aliphatic carbocycles. The van der Waals surface area contributed by atoms with Gasteiger partial charge < -0.3 is 9.69 Å². The van der Waals surface area contributed by atoms with E-state index >= 15 is 0 Å². The molecule has 0 aromatic heterocycles. The maximum Gasteiger partial charge on any atom is 0.119 e. The third-order valence-electron chi connectivity index (χ3n) is 2.15. The highest BCUT2D eigenvalue weighted by Gasteiger charge is 2.04. The molecule has 0 aromatic rings. The van der Waals surface area contributed by atoms with Gasteiger partial charge in [0.25, 0.3) is 0 Å². The average Bonchev–Trinajstić information content (AvgIpc) is 2.04. The smallest absolute Gasteiger partial charge is 0.119 e. The molecule has 0 saturated heterocycles. The first-order valence-electron chi connectivity index (χ1n) is 4.90. The first-order chi connectivity index (χ1) is 5.72. The molecule has 0 heterocycles. The Labute approximate surface area is 75.9 Å². The van der Waals surface area contributed by atoms with E-state index in [2.05, 4.69) is 25.7 Å². The molecule has 2 nitrogen and oxygen atoms in total. The maximum atomic E-state index is 10.0. The summed E-state index contributed by atoms with van der Waals surface area (Å²) in [5, 5.41) is 0. The SMILES string of the molecule is CCN(CCCCC=O)C(C)C. The first kappa shape index (κ1) is 11.6. The number of rotatable bonds is 7. The molecule has 0 radical (unpaired) electrons. The average molecular weight is 171 g/mol. The van der Waals surface area contributed by atoms with Crippen LogP contribution in [-0.2, 0) is 4.79 Å². The van der Waals surface area contributed by atoms with Crippen LogP contribution < -0.4 is 0 Å². The van der Waals surface area contributed by atoms with Crippen molar-refractivity contribution in [2.24, 2.45) is 0 Å². The van der Waals surface area contributed by atoms with Gasteiger partial charge in [-0.25, -0.2) is 0 Å². The predicted octanol–water partition coefficient (Wildman–Crippen LogP) is 2.09. The summed E-state index contributed by atoms with van der Waals surface area (Å²) in [5.41, 5.74) is 0. The molecule has 0 aromatic carbocycles. The van der Waals surface area contributed by atoms with Gasteiger partial charge in [-0.2, -0.15) is 0 Å². The lowest BCUT2D eigenvalue weighted by atomic mass is 10.2. The predicted molar refractivity (Wildman–Crippen MR) is 52.3 cm³/mol. The number of carbonyl (C=O) groups excluding carboxylic acids is 1. The van der Waals surface area contributed by atoms with Crippen molar-refractivity contribution >= 4 is 6.29 Å². The number of unbranched alkanes of at least 4 members (excludes halogenated alkanes) is 2. The number of hydrogen-bond donors (Lipinski definition) is 0. The fraction of sp³-hybridized carbons (Fsp3) is 0.900. The van der Waals surface area contributed by atoms with Crippen molar-refractivity contribution in [1.29, 1.82) is 0 Å².